The van der Waals surface area contributed by atoms with E-state index in [4.69, 9.17) is 20.2 Å². The predicted molar refractivity (Wildman–Crippen MR) is 114 cm³/mol. The number of aromatic nitrogens is 5. The van der Waals surface area contributed by atoms with Crippen molar-refractivity contribution in [2.24, 2.45) is 11.7 Å². The molecular formula is C22H26N6O3. The van der Waals surface area contributed by atoms with Crippen molar-refractivity contribution < 1.29 is 14.3 Å². The van der Waals surface area contributed by atoms with Gasteiger partial charge in [-0.05, 0) is 44.7 Å². The second kappa shape index (κ2) is 7.72. The van der Waals surface area contributed by atoms with Crippen molar-refractivity contribution in [3.05, 3.63) is 30.7 Å². The van der Waals surface area contributed by atoms with Gasteiger partial charge in [0.25, 0.3) is 0 Å². The first kappa shape index (κ1) is 19.6. The molecule has 0 bridgehead atoms. The van der Waals surface area contributed by atoms with Crippen molar-refractivity contribution in [3.63, 3.8) is 0 Å². The minimum Gasteiger partial charge on any atom is -0.491 e. The number of hydrogen-bond acceptors (Lipinski definition) is 6. The zero-order valence-electron chi connectivity index (χ0n) is 17.7. The van der Waals surface area contributed by atoms with Crippen molar-refractivity contribution in [1.29, 1.82) is 0 Å². The molecule has 1 aromatic carbocycles. The van der Waals surface area contributed by atoms with Crippen molar-refractivity contribution in [2.75, 3.05) is 6.61 Å². The van der Waals surface area contributed by atoms with Crippen LogP contribution in [0.2, 0.25) is 0 Å². The summed E-state index contributed by atoms with van der Waals surface area (Å²) in [5.41, 5.74) is 7.08. The van der Waals surface area contributed by atoms with E-state index in [1.54, 1.807) is 6.33 Å². The van der Waals surface area contributed by atoms with E-state index in [9.17, 15) is 4.79 Å². The van der Waals surface area contributed by atoms with Crippen molar-refractivity contribution in [2.45, 2.75) is 51.8 Å². The molecule has 31 heavy (non-hydrogen) atoms. The lowest BCUT2D eigenvalue weighted by Gasteiger charge is -2.18. The standard InChI is InChI=1S/C22H26N6O3/c1-13(2)28-22(24-12-25-28)17-11-27-7-8-30-19-9-15(5-6-16(19)21(27)26-17)31-18(10-20(23)29)14-3-4-14/h5-6,9,11-14,18H,3-4,7-8,10H2,1-2H3,(H2,23,29). The minimum absolute atomic E-state index is 0.183. The lowest BCUT2D eigenvalue weighted by molar-refractivity contribution is -0.119. The number of rotatable bonds is 7. The average Bonchev–Trinajstić information content (AvgIpc) is 3.35. The largest absolute Gasteiger partial charge is 0.491 e. The van der Waals surface area contributed by atoms with E-state index in [1.165, 1.54) is 0 Å². The third-order valence-electron chi connectivity index (χ3n) is 5.69. The molecule has 1 saturated carbocycles. The number of imidazole rings is 1. The summed E-state index contributed by atoms with van der Waals surface area (Å²) in [6, 6.07) is 5.93. The maximum Gasteiger partial charge on any atom is 0.221 e. The molecule has 9 heteroatoms. The first-order chi connectivity index (χ1) is 15.0. The molecule has 0 saturated heterocycles. The summed E-state index contributed by atoms with van der Waals surface area (Å²) in [7, 11) is 0. The Bertz CT molecular complexity index is 1110. The number of benzene rings is 1. The molecule has 1 atom stereocenters. The summed E-state index contributed by atoms with van der Waals surface area (Å²) in [6.45, 7) is 5.33. The first-order valence-electron chi connectivity index (χ1n) is 10.7. The van der Waals surface area contributed by atoms with Crippen molar-refractivity contribution in [3.8, 4) is 34.4 Å². The van der Waals surface area contributed by atoms with Crippen LogP contribution in [0.1, 0.15) is 39.2 Å². The average molecular weight is 422 g/mol. The molecule has 3 heterocycles. The Kier molecular flexibility index (Phi) is 4.88. The van der Waals surface area contributed by atoms with Gasteiger partial charge in [-0.1, -0.05) is 0 Å². The lowest BCUT2D eigenvalue weighted by atomic mass is 10.1. The van der Waals surface area contributed by atoms with Crippen LogP contribution in [0.3, 0.4) is 0 Å². The van der Waals surface area contributed by atoms with Gasteiger partial charge in [0.05, 0.1) is 18.5 Å². The highest BCUT2D eigenvalue weighted by molar-refractivity contribution is 5.74. The molecular weight excluding hydrogens is 396 g/mol. The number of primary amides is 1. The van der Waals surface area contributed by atoms with Crippen LogP contribution in [0.5, 0.6) is 11.5 Å². The van der Waals surface area contributed by atoms with Gasteiger partial charge in [0, 0.05) is 18.3 Å². The van der Waals surface area contributed by atoms with Crippen LogP contribution in [0, 0.1) is 5.92 Å². The van der Waals surface area contributed by atoms with E-state index >= 15 is 0 Å². The summed E-state index contributed by atoms with van der Waals surface area (Å²) in [5, 5.41) is 4.32. The van der Waals surface area contributed by atoms with Crippen LogP contribution in [0.15, 0.2) is 30.7 Å². The van der Waals surface area contributed by atoms with Gasteiger partial charge >= 0.3 is 0 Å². The molecule has 1 fully saturated rings. The third kappa shape index (κ3) is 3.87. The SMILES string of the molecule is CC(C)n1ncnc1-c1cn2c(n1)-c1ccc(OC(CC(N)=O)C3CC3)cc1OCC2. The second-order valence-corrected chi connectivity index (χ2v) is 8.44. The summed E-state index contributed by atoms with van der Waals surface area (Å²) < 4.78 is 16.1. The highest BCUT2D eigenvalue weighted by Crippen LogP contribution is 2.39. The molecule has 3 aromatic rings. The molecule has 1 unspecified atom stereocenters. The van der Waals surface area contributed by atoms with Gasteiger partial charge in [-0.25, -0.2) is 14.6 Å². The Labute approximate surface area is 180 Å². The number of carbonyl (C=O) groups excluding carboxylic acids is 1. The first-order valence-corrected chi connectivity index (χ1v) is 10.7. The summed E-state index contributed by atoms with van der Waals surface area (Å²) in [4.78, 5) is 20.7. The highest BCUT2D eigenvalue weighted by atomic mass is 16.5. The number of ether oxygens (including phenoxy) is 2. The number of hydrogen-bond donors (Lipinski definition) is 1. The second-order valence-electron chi connectivity index (χ2n) is 8.44. The smallest absolute Gasteiger partial charge is 0.221 e. The minimum atomic E-state index is -0.341. The van der Waals surface area contributed by atoms with E-state index in [0.29, 0.717) is 30.6 Å². The molecule has 5 rings (SSSR count). The van der Waals surface area contributed by atoms with Gasteiger partial charge in [0.2, 0.25) is 5.91 Å². The summed E-state index contributed by atoms with van der Waals surface area (Å²) in [6.07, 6.45) is 5.74. The van der Waals surface area contributed by atoms with Crippen LogP contribution >= 0.6 is 0 Å². The van der Waals surface area contributed by atoms with Gasteiger partial charge in [0.1, 0.15) is 42.1 Å². The molecule has 2 aliphatic rings. The molecule has 1 aliphatic heterocycles. The fourth-order valence-corrected chi connectivity index (χ4v) is 4.00. The fraction of sp³-hybridized carbons (Fsp3) is 0.455. The number of carbonyl (C=O) groups is 1. The topological polar surface area (TPSA) is 110 Å². The van der Waals surface area contributed by atoms with Gasteiger partial charge < -0.3 is 19.8 Å². The molecule has 2 N–H and O–H groups in total. The van der Waals surface area contributed by atoms with Crippen LogP contribution in [-0.2, 0) is 11.3 Å². The number of amides is 1. The molecule has 2 aromatic heterocycles. The number of fused-ring (bicyclic) bond motifs is 3. The molecule has 0 radical (unpaired) electrons. The molecule has 9 nitrogen and oxygen atoms in total. The van der Waals surface area contributed by atoms with E-state index in [2.05, 4.69) is 28.5 Å². The Morgan fingerprint density at radius 1 is 1.32 bits per heavy atom. The number of nitrogens with zero attached hydrogens (tertiary/aromatic N) is 5. The lowest BCUT2D eigenvalue weighted by Crippen LogP contribution is -2.26. The summed E-state index contributed by atoms with van der Waals surface area (Å²) >= 11 is 0. The van der Waals surface area contributed by atoms with Crippen LogP contribution in [0.25, 0.3) is 22.9 Å². The normalized spacial score (nSPS) is 16.2. The maximum atomic E-state index is 11.4. The molecule has 1 aliphatic carbocycles. The maximum absolute atomic E-state index is 11.4. The van der Waals surface area contributed by atoms with Crippen molar-refractivity contribution >= 4 is 5.91 Å². The van der Waals surface area contributed by atoms with Crippen LogP contribution < -0.4 is 15.2 Å². The molecule has 162 valence electrons. The van der Waals surface area contributed by atoms with Gasteiger partial charge in [-0.2, -0.15) is 5.10 Å². The molecule has 0 spiro atoms. The van der Waals surface area contributed by atoms with Gasteiger partial charge in [-0.15, -0.1) is 0 Å². The Morgan fingerprint density at radius 2 is 2.16 bits per heavy atom. The molecule has 1 amide bonds. The monoisotopic (exact) mass is 422 g/mol. The predicted octanol–water partition coefficient (Wildman–Crippen LogP) is 2.81. The zero-order chi connectivity index (χ0) is 21.5. The number of nitrogens with two attached hydrogens (primary N) is 1. The Morgan fingerprint density at radius 3 is 2.90 bits per heavy atom. The quantitative estimate of drug-likeness (QED) is 0.627. The van der Waals surface area contributed by atoms with E-state index in [-0.39, 0.29) is 24.5 Å². The highest BCUT2D eigenvalue weighted by Gasteiger charge is 2.34. The zero-order valence-corrected chi connectivity index (χ0v) is 17.7. The van der Waals surface area contributed by atoms with Crippen LogP contribution in [0.4, 0.5) is 0 Å². The van der Waals surface area contributed by atoms with Crippen molar-refractivity contribution in [1.82, 2.24) is 24.3 Å². The van der Waals surface area contributed by atoms with E-state index < -0.39 is 0 Å². The van der Waals surface area contributed by atoms with E-state index in [0.717, 1.165) is 35.7 Å². The summed E-state index contributed by atoms with van der Waals surface area (Å²) in [5.74, 6) is 3.02. The van der Waals surface area contributed by atoms with E-state index in [1.807, 2.05) is 29.1 Å². The van der Waals surface area contributed by atoms with Crippen LogP contribution in [-0.4, -0.2) is 42.9 Å². The van der Waals surface area contributed by atoms with Gasteiger partial charge in [-0.3, -0.25) is 4.79 Å². The Balaban J connectivity index is 1.46. The third-order valence-corrected chi connectivity index (χ3v) is 5.69. The Hall–Kier alpha value is -3.36. The fourth-order valence-electron chi connectivity index (χ4n) is 4.00. The van der Waals surface area contributed by atoms with Gasteiger partial charge in [0.15, 0.2) is 5.82 Å².